The van der Waals surface area contributed by atoms with Gasteiger partial charge in [-0.05, 0) is 37.0 Å². The van der Waals surface area contributed by atoms with Crippen LogP contribution in [0.2, 0.25) is 0 Å². The second-order valence-corrected chi connectivity index (χ2v) is 5.30. The lowest BCUT2D eigenvalue weighted by Crippen LogP contribution is -2.33. The molecule has 2 N–H and O–H groups in total. The van der Waals surface area contributed by atoms with E-state index in [2.05, 4.69) is 10.2 Å². The maximum atomic E-state index is 12.2. The number of amides is 1. The number of rotatable bonds is 8. The average Bonchev–Trinajstić information content (AvgIpc) is 3.08. The highest BCUT2D eigenvalue weighted by Gasteiger charge is 2.15. The Morgan fingerprint density at radius 3 is 2.30 bits per heavy atom. The van der Waals surface area contributed by atoms with Gasteiger partial charge in [0.1, 0.15) is 5.69 Å². The standard InChI is InChI=1S/C17H21N3O3/c1-2-20(17(23)15-9-11-18-19-15)12-10-14-5-3-13(4-6-14)7-8-16(21)22/h3-6,9,11H,2,7-8,10,12H2,1H3,(H,18,19)(H,21,22). The Morgan fingerprint density at radius 2 is 1.78 bits per heavy atom. The smallest absolute Gasteiger partial charge is 0.303 e. The van der Waals surface area contributed by atoms with Crippen molar-refractivity contribution >= 4 is 11.9 Å². The van der Waals surface area contributed by atoms with Crippen LogP contribution in [-0.4, -0.2) is 45.2 Å². The second kappa shape index (κ2) is 8.12. The van der Waals surface area contributed by atoms with Gasteiger partial charge in [0.15, 0.2) is 0 Å². The van der Waals surface area contributed by atoms with Crippen LogP contribution in [0.15, 0.2) is 36.5 Å². The molecule has 2 aromatic rings. The second-order valence-electron chi connectivity index (χ2n) is 5.30. The molecular formula is C17H21N3O3. The minimum atomic E-state index is -0.787. The molecule has 0 unspecified atom stereocenters. The third-order valence-corrected chi connectivity index (χ3v) is 3.71. The highest BCUT2D eigenvalue weighted by atomic mass is 16.4. The van der Waals surface area contributed by atoms with Crippen molar-refractivity contribution in [3.05, 3.63) is 53.3 Å². The zero-order valence-corrected chi connectivity index (χ0v) is 13.2. The number of aryl methyl sites for hydroxylation is 1. The van der Waals surface area contributed by atoms with E-state index in [0.717, 1.165) is 17.5 Å². The van der Waals surface area contributed by atoms with Crippen LogP contribution in [0.1, 0.15) is 35.0 Å². The summed E-state index contributed by atoms with van der Waals surface area (Å²) in [5.74, 6) is -0.864. The molecule has 1 heterocycles. The Labute approximate surface area is 135 Å². The highest BCUT2D eigenvalue weighted by molar-refractivity contribution is 5.92. The summed E-state index contributed by atoms with van der Waals surface area (Å²) in [6, 6.07) is 9.55. The number of nitrogens with one attached hydrogen (secondary N) is 1. The molecule has 0 aliphatic carbocycles. The number of aromatic nitrogens is 2. The van der Waals surface area contributed by atoms with E-state index in [4.69, 9.17) is 5.11 Å². The summed E-state index contributed by atoms with van der Waals surface area (Å²) in [6.45, 7) is 3.19. The maximum Gasteiger partial charge on any atom is 0.303 e. The van der Waals surface area contributed by atoms with Gasteiger partial charge in [-0.15, -0.1) is 0 Å². The van der Waals surface area contributed by atoms with Crippen LogP contribution in [0.3, 0.4) is 0 Å². The molecule has 1 amide bonds. The summed E-state index contributed by atoms with van der Waals surface area (Å²) in [5, 5.41) is 15.3. The Hall–Kier alpha value is -2.63. The molecule has 0 saturated heterocycles. The number of carboxylic acids is 1. The molecule has 0 aliphatic rings. The first-order valence-corrected chi connectivity index (χ1v) is 7.68. The molecule has 0 radical (unpaired) electrons. The maximum absolute atomic E-state index is 12.2. The fourth-order valence-electron chi connectivity index (χ4n) is 2.33. The Bertz CT molecular complexity index is 636. The molecule has 0 aliphatic heterocycles. The number of benzene rings is 1. The lowest BCUT2D eigenvalue weighted by atomic mass is 10.1. The molecule has 1 aromatic heterocycles. The average molecular weight is 315 g/mol. The number of hydrogen-bond acceptors (Lipinski definition) is 3. The van der Waals surface area contributed by atoms with Gasteiger partial charge in [-0.3, -0.25) is 14.7 Å². The van der Waals surface area contributed by atoms with Crippen LogP contribution < -0.4 is 0 Å². The fraction of sp³-hybridized carbons (Fsp3) is 0.353. The highest BCUT2D eigenvalue weighted by Crippen LogP contribution is 2.09. The summed E-state index contributed by atoms with van der Waals surface area (Å²) >= 11 is 0. The number of hydrogen-bond donors (Lipinski definition) is 2. The van der Waals surface area contributed by atoms with Crippen molar-refractivity contribution < 1.29 is 14.7 Å². The van der Waals surface area contributed by atoms with Gasteiger partial charge < -0.3 is 10.0 Å². The summed E-state index contributed by atoms with van der Waals surface area (Å²) in [7, 11) is 0. The number of carbonyl (C=O) groups excluding carboxylic acids is 1. The summed E-state index contributed by atoms with van der Waals surface area (Å²) < 4.78 is 0. The van der Waals surface area contributed by atoms with Crippen LogP contribution in [0, 0.1) is 0 Å². The SMILES string of the molecule is CCN(CCc1ccc(CCC(=O)O)cc1)C(=O)c1cc[nH]n1. The van der Waals surface area contributed by atoms with Crippen molar-refractivity contribution in [2.45, 2.75) is 26.2 Å². The summed E-state index contributed by atoms with van der Waals surface area (Å²) in [6.07, 6.45) is 3.07. The van der Waals surface area contributed by atoms with Gasteiger partial charge in [0.25, 0.3) is 5.91 Å². The van der Waals surface area contributed by atoms with Crippen molar-refractivity contribution in [1.29, 1.82) is 0 Å². The third-order valence-electron chi connectivity index (χ3n) is 3.71. The first-order chi connectivity index (χ1) is 11.1. The molecule has 23 heavy (non-hydrogen) atoms. The van der Waals surface area contributed by atoms with E-state index in [1.807, 2.05) is 31.2 Å². The van der Waals surface area contributed by atoms with E-state index in [1.165, 1.54) is 0 Å². The number of aliphatic carboxylic acids is 1. The predicted octanol–water partition coefficient (Wildman–Crippen LogP) is 2.13. The molecule has 0 saturated carbocycles. The number of carboxylic acid groups (broad SMARTS) is 1. The van der Waals surface area contributed by atoms with Crippen LogP contribution in [0.4, 0.5) is 0 Å². The van der Waals surface area contributed by atoms with E-state index in [-0.39, 0.29) is 12.3 Å². The largest absolute Gasteiger partial charge is 0.481 e. The number of nitrogens with zero attached hydrogens (tertiary/aromatic N) is 2. The number of likely N-dealkylation sites (N-methyl/N-ethyl adjacent to an activating group) is 1. The van der Waals surface area contributed by atoms with Crippen LogP contribution >= 0.6 is 0 Å². The molecule has 0 fully saturated rings. The minimum absolute atomic E-state index is 0.0770. The van der Waals surface area contributed by atoms with E-state index in [9.17, 15) is 9.59 Å². The molecule has 6 nitrogen and oxygen atoms in total. The van der Waals surface area contributed by atoms with Crippen molar-refractivity contribution in [3.63, 3.8) is 0 Å². The molecule has 0 spiro atoms. The molecule has 0 bridgehead atoms. The zero-order valence-electron chi connectivity index (χ0n) is 13.2. The normalized spacial score (nSPS) is 10.5. The Kier molecular flexibility index (Phi) is 5.91. The summed E-state index contributed by atoms with van der Waals surface area (Å²) in [5.41, 5.74) is 2.56. The Balaban J connectivity index is 1.88. The topological polar surface area (TPSA) is 86.3 Å². The zero-order chi connectivity index (χ0) is 16.7. The van der Waals surface area contributed by atoms with E-state index in [1.54, 1.807) is 17.2 Å². The van der Waals surface area contributed by atoms with Crippen LogP contribution in [0.25, 0.3) is 0 Å². The van der Waals surface area contributed by atoms with E-state index < -0.39 is 5.97 Å². The van der Waals surface area contributed by atoms with Gasteiger partial charge in [0.05, 0.1) is 0 Å². The molecule has 0 atom stereocenters. The van der Waals surface area contributed by atoms with Crippen molar-refractivity contribution in [2.24, 2.45) is 0 Å². The van der Waals surface area contributed by atoms with E-state index >= 15 is 0 Å². The van der Waals surface area contributed by atoms with E-state index in [0.29, 0.717) is 25.2 Å². The first kappa shape index (κ1) is 16.7. The lowest BCUT2D eigenvalue weighted by molar-refractivity contribution is -0.136. The number of H-pyrrole nitrogens is 1. The van der Waals surface area contributed by atoms with Gasteiger partial charge >= 0.3 is 5.97 Å². The van der Waals surface area contributed by atoms with Gasteiger partial charge in [-0.2, -0.15) is 5.10 Å². The van der Waals surface area contributed by atoms with Crippen molar-refractivity contribution in [1.82, 2.24) is 15.1 Å². The minimum Gasteiger partial charge on any atom is -0.481 e. The van der Waals surface area contributed by atoms with Crippen LogP contribution in [-0.2, 0) is 17.6 Å². The van der Waals surface area contributed by atoms with Gasteiger partial charge in [0, 0.05) is 25.7 Å². The monoisotopic (exact) mass is 315 g/mol. The van der Waals surface area contributed by atoms with Crippen LogP contribution in [0.5, 0.6) is 0 Å². The lowest BCUT2D eigenvalue weighted by Gasteiger charge is -2.19. The number of aromatic amines is 1. The summed E-state index contributed by atoms with van der Waals surface area (Å²) in [4.78, 5) is 24.6. The molecule has 122 valence electrons. The van der Waals surface area contributed by atoms with Crippen molar-refractivity contribution in [2.75, 3.05) is 13.1 Å². The van der Waals surface area contributed by atoms with Crippen molar-refractivity contribution in [3.8, 4) is 0 Å². The number of carbonyl (C=O) groups is 2. The quantitative estimate of drug-likeness (QED) is 0.781. The predicted molar refractivity (Wildman–Crippen MR) is 86.3 cm³/mol. The van der Waals surface area contributed by atoms with Gasteiger partial charge in [-0.25, -0.2) is 0 Å². The molecule has 6 heteroatoms. The third kappa shape index (κ3) is 4.95. The molecule has 1 aromatic carbocycles. The fourth-order valence-corrected chi connectivity index (χ4v) is 2.33. The van der Waals surface area contributed by atoms with Gasteiger partial charge in [0.2, 0.25) is 0 Å². The molecular weight excluding hydrogens is 294 g/mol. The molecule has 2 rings (SSSR count). The first-order valence-electron chi connectivity index (χ1n) is 7.68. The van der Waals surface area contributed by atoms with Gasteiger partial charge in [-0.1, -0.05) is 24.3 Å². The Morgan fingerprint density at radius 1 is 1.13 bits per heavy atom.